The van der Waals surface area contributed by atoms with Gasteiger partial charge in [0.1, 0.15) is 5.69 Å². The molecule has 0 radical (unpaired) electrons. The van der Waals surface area contributed by atoms with Crippen LogP contribution in [0.3, 0.4) is 0 Å². The zero-order valence-corrected chi connectivity index (χ0v) is 7.83. The minimum absolute atomic E-state index is 0.824. The first kappa shape index (κ1) is 8.83. The highest BCUT2D eigenvalue weighted by molar-refractivity contribution is 5.46. The summed E-state index contributed by atoms with van der Waals surface area (Å²) in [6.45, 7) is 0. The minimum atomic E-state index is 0.824. The normalized spacial score (nSPS) is 10.8. The monoisotopic (exact) mass is 160 g/mol. The molecular formula is C11H14N+. The highest BCUT2D eigenvalue weighted by atomic mass is 15.3. The van der Waals surface area contributed by atoms with Gasteiger partial charge in [-0.1, -0.05) is 5.92 Å². The van der Waals surface area contributed by atoms with E-state index in [1.807, 2.05) is 12.1 Å². The lowest BCUT2D eigenvalue weighted by molar-refractivity contribution is 0.486. The second-order valence-corrected chi connectivity index (χ2v) is 3.70. The summed E-state index contributed by atoms with van der Waals surface area (Å²) >= 11 is 0. The molecule has 1 aromatic rings. The van der Waals surface area contributed by atoms with Crippen molar-refractivity contribution in [2.24, 2.45) is 0 Å². The largest absolute Gasteiger partial charge is 0.298 e. The molecule has 1 rings (SSSR count). The van der Waals surface area contributed by atoms with Crippen LogP contribution in [0.4, 0.5) is 5.69 Å². The predicted molar refractivity (Wildman–Crippen MR) is 53.9 cm³/mol. The quantitative estimate of drug-likeness (QED) is 0.434. The summed E-state index contributed by atoms with van der Waals surface area (Å²) < 4.78 is 0.824. The molecule has 0 atom stereocenters. The van der Waals surface area contributed by atoms with Crippen molar-refractivity contribution in [2.75, 3.05) is 21.1 Å². The van der Waals surface area contributed by atoms with Gasteiger partial charge >= 0.3 is 0 Å². The van der Waals surface area contributed by atoms with Crippen LogP contribution in [0.25, 0.3) is 0 Å². The van der Waals surface area contributed by atoms with E-state index >= 15 is 0 Å². The third-order valence-electron chi connectivity index (χ3n) is 1.81. The van der Waals surface area contributed by atoms with Gasteiger partial charge < -0.3 is 0 Å². The van der Waals surface area contributed by atoms with Crippen LogP contribution in [0.1, 0.15) is 5.56 Å². The fourth-order valence-electron chi connectivity index (χ4n) is 1.00. The third kappa shape index (κ3) is 1.87. The molecule has 0 amide bonds. The molecular weight excluding hydrogens is 146 g/mol. The number of quaternary nitrogens is 1. The molecule has 0 aliphatic rings. The summed E-state index contributed by atoms with van der Waals surface area (Å²) in [5, 5.41) is 0. The summed E-state index contributed by atoms with van der Waals surface area (Å²) in [6.07, 6.45) is 5.25. The van der Waals surface area contributed by atoms with Gasteiger partial charge in [-0.3, -0.25) is 4.48 Å². The minimum Gasteiger partial charge on any atom is -0.298 e. The molecule has 1 aromatic carbocycles. The first-order valence-electron chi connectivity index (χ1n) is 3.93. The van der Waals surface area contributed by atoms with Crippen molar-refractivity contribution in [2.45, 2.75) is 0 Å². The second-order valence-electron chi connectivity index (χ2n) is 3.70. The summed E-state index contributed by atoms with van der Waals surface area (Å²) in [4.78, 5) is 0. The number of hydrogen-bond donors (Lipinski definition) is 0. The lowest BCUT2D eigenvalue weighted by atomic mass is 10.2. The lowest BCUT2D eigenvalue weighted by Crippen LogP contribution is -2.34. The van der Waals surface area contributed by atoms with Gasteiger partial charge in [-0.15, -0.1) is 6.42 Å². The van der Waals surface area contributed by atoms with Gasteiger partial charge in [0.2, 0.25) is 0 Å². The zero-order chi connectivity index (χ0) is 9.19. The molecule has 1 heteroatoms. The average Bonchev–Trinajstić information content (AvgIpc) is 2.03. The van der Waals surface area contributed by atoms with Crippen molar-refractivity contribution < 1.29 is 0 Å². The molecule has 0 bridgehead atoms. The molecule has 0 aliphatic heterocycles. The summed E-state index contributed by atoms with van der Waals surface area (Å²) in [5.41, 5.74) is 2.20. The third-order valence-corrected chi connectivity index (χ3v) is 1.81. The number of benzene rings is 1. The van der Waals surface area contributed by atoms with Crippen molar-refractivity contribution in [1.29, 1.82) is 0 Å². The van der Waals surface area contributed by atoms with Gasteiger partial charge in [-0.2, -0.15) is 0 Å². The van der Waals surface area contributed by atoms with E-state index in [0.717, 1.165) is 10.0 Å². The number of nitrogens with zero attached hydrogens (tertiary/aromatic N) is 1. The van der Waals surface area contributed by atoms with Gasteiger partial charge in [0.05, 0.1) is 21.1 Å². The van der Waals surface area contributed by atoms with Gasteiger partial charge in [0.25, 0.3) is 0 Å². The Morgan fingerprint density at radius 2 is 1.58 bits per heavy atom. The molecule has 12 heavy (non-hydrogen) atoms. The number of hydrogen-bond acceptors (Lipinski definition) is 0. The molecule has 0 aromatic heterocycles. The molecule has 0 heterocycles. The number of terminal acetylenes is 1. The fourth-order valence-corrected chi connectivity index (χ4v) is 1.00. The molecule has 0 aliphatic carbocycles. The maximum absolute atomic E-state index is 5.25. The molecule has 0 fully saturated rings. The van der Waals surface area contributed by atoms with E-state index in [1.54, 1.807) is 0 Å². The van der Waals surface area contributed by atoms with Crippen LogP contribution in [0.15, 0.2) is 24.3 Å². The summed E-state index contributed by atoms with van der Waals surface area (Å²) in [7, 11) is 6.39. The Morgan fingerprint density at radius 3 is 1.92 bits per heavy atom. The Balaban J connectivity index is 3.02. The fraction of sp³-hybridized carbons (Fsp3) is 0.273. The number of rotatable bonds is 1. The Kier molecular flexibility index (Phi) is 2.21. The van der Waals surface area contributed by atoms with Crippen LogP contribution in [0.5, 0.6) is 0 Å². The van der Waals surface area contributed by atoms with E-state index in [-0.39, 0.29) is 0 Å². The van der Waals surface area contributed by atoms with Crippen molar-refractivity contribution >= 4 is 5.69 Å². The molecule has 0 N–H and O–H groups in total. The van der Waals surface area contributed by atoms with E-state index in [9.17, 15) is 0 Å². The van der Waals surface area contributed by atoms with E-state index in [1.165, 1.54) is 5.69 Å². The van der Waals surface area contributed by atoms with E-state index in [0.29, 0.717) is 0 Å². The molecule has 62 valence electrons. The van der Waals surface area contributed by atoms with E-state index in [4.69, 9.17) is 6.42 Å². The van der Waals surface area contributed by atoms with Crippen LogP contribution >= 0.6 is 0 Å². The van der Waals surface area contributed by atoms with E-state index < -0.39 is 0 Å². The smallest absolute Gasteiger partial charge is 0.132 e. The predicted octanol–water partition coefficient (Wildman–Crippen LogP) is 1.86. The SMILES string of the molecule is C#Cc1ccc([N+](C)(C)C)cc1. The first-order chi connectivity index (χ1) is 5.54. The Morgan fingerprint density at radius 1 is 1.08 bits per heavy atom. The van der Waals surface area contributed by atoms with Crippen LogP contribution in [-0.4, -0.2) is 21.1 Å². The first-order valence-corrected chi connectivity index (χ1v) is 3.93. The topological polar surface area (TPSA) is 0 Å². The van der Waals surface area contributed by atoms with Gasteiger partial charge in [0, 0.05) is 17.7 Å². The Labute approximate surface area is 74.2 Å². The zero-order valence-electron chi connectivity index (χ0n) is 7.83. The summed E-state index contributed by atoms with van der Waals surface area (Å²) in [5.74, 6) is 2.60. The maximum Gasteiger partial charge on any atom is 0.132 e. The molecule has 0 unspecified atom stereocenters. The van der Waals surface area contributed by atoms with Crippen LogP contribution in [-0.2, 0) is 0 Å². The van der Waals surface area contributed by atoms with Gasteiger partial charge in [-0.25, -0.2) is 0 Å². The molecule has 0 saturated heterocycles. The Hall–Kier alpha value is -1.26. The average molecular weight is 160 g/mol. The van der Waals surface area contributed by atoms with Crippen molar-refractivity contribution in [1.82, 2.24) is 4.48 Å². The molecule has 0 saturated carbocycles. The Bertz CT molecular complexity index is 295. The van der Waals surface area contributed by atoms with Crippen LogP contribution in [0.2, 0.25) is 0 Å². The van der Waals surface area contributed by atoms with Crippen LogP contribution < -0.4 is 4.48 Å². The van der Waals surface area contributed by atoms with Gasteiger partial charge in [-0.05, 0) is 12.1 Å². The molecule has 0 spiro atoms. The van der Waals surface area contributed by atoms with Gasteiger partial charge in [0.15, 0.2) is 0 Å². The standard InChI is InChI=1S/C11H14N/c1-5-10-6-8-11(9-7-10)12(2,3)4/h1,6-9H,2-4H3/q+1. The molecule has 1 nitrogen and oxygen atoms in total. The second kappa shape index (κ2) is 3.00. The maximum atomic E-state index is 5.25. The van der Waals surface area contributed by atoms with Crippen molar-refractivity contribution in [3.8, 4) is 12.3 Å². The van der Waals surface area contributed by atoms with Crippen molar-refractivity contribution in [3.05, 3.63) is 29.8 Å². The lowest BCUT2D eigenvalue weighted by Gasteiger charge is -2.23. The summed E-state index contributed by atoms with van der Waals surface area (Å²) in [6, 6.07) is 8.07. The van der Waals surface area contributed by atoms with E-state index in [2.05, 4.69) is 39.2 Å². The highest BCUT2D eigenvalue weighted by Crippen LogP contribution is 2.16. The highest BCUT2D eigenvalue weighted by Gasteiger charge is 2.10. The van der Waals surface area contributed by atoms with Crippen LogP contribution in [0, 0.1) is 12.3 Å². The van der Waals surface area contributed by atoms with Crippen molar-refractivity contribution in [3.63, 3.8) is 0 Å².